The van der Waals surface area contributed by atoms with Crippen LogP contribution in [-0.2, 0) is 17.8 Å². The molecule has 0 saturated carbocycles. The van der Waals surface area contributed by atoms with Gasteiger partial charge in [0.05, 0.1) is 37.6 Å². The topological polar surface area (TPSA) is 100 Å². The molecule has 0 radical (unpaired) electrons. The van der Waals surface area contributed by atoms with Crippen molar-refractivity contribution in [3.63, 3.8) is 0 Å². The molecule has 128 valence electrons. The molecule has 0 unspecified atom stereocenters. The van der Waals surface area contributed by atoms with Gasteiger partial charge in [-0.1, -0.05) is 0 Å². The standard InChI is InChI=1S/C16H20N4O4/c1-11-18-13(7-15(21)19-11)8-17-16(22)12-6-14(24-10-12)9-20-2-4-23-5-3-20/h6-7,10H,2-5,8-9H2,1H3,(H,17,22)(H,18,19,21). The maximum atomic E-state index is 12.2. The first kappa shape index (κ1) is 16.4. The van der Waals surface area contributed by atoms with Gasteiger partial charge in [0.1, 0.15) is 17.8 Å². The molecule has 0 spiro atoms. The summed E-state index contributed by atoms with van der Waals surface area (Å²) in [6.07, 6.45) is 1.45. The summed E-state index contributed by atoms with van der Waals surface area (Å²) in [4.78, 5) is 32.5. The number of hydrogen-bond acceptors (Lipinski definition) is 6. The molecular weight excluding hydrogens is 312 g/mol. The van der Waals surface area contributed by atoms with Gasteiger partial charge in [-0.25, -0.2) is 4.98 Å². The maximum Gasteiger partial charge on any atom is 0.254 e. The highest BCUT2D eigenvalue weighted by Gasteiger charge is 2.15. The minimum atomic E-state index is -0.258. The number of rotatable bonds is 5. The van der Waals surface area contributed by atoms with Crippen LogP contribution in [0.25, 0.3) is 0 Å². The largest absolute Gasteiger partial charge is 0.467 e. The van der Waals surface area contributed by atoms with Crippen LogP contribution in [-0.4, -0.2) is 47.1 Å². The van der Waals surface area contributed by atoms with Gasteiger partial charge in [-0.15, -0.1) is 0 Å². The van der Waals surface area contributed by atoms with E-state index in [1.54, 1.807) is 13.0 Å². The Labute approximate surface area is 138 Å². The molecule has 2 aromatic rings. The Balaban J connectivity index is 1.56. The first-order chi connectivity index (χ1) is 11.6. The zero-order valence-electron chi connectivity index (χ0n) is 13.5. The third-order valence-corrected chi connectivity index (χ3v) is 3.74. The maximum absolute atomic E-state index is 12.2. The first-order valence-electron chi connectivity index (χ1n) is 7.83. The first-order valence-corrected chi connectivity index (χ1v) is 7.83. The van der Waals surface area contributed by atoms with Gasteiger partial charge in [0.15, 0.2) is 0 Å². The van der Waals surface area contributed by atoms with Crippen molar-refractivity contribution in [2.24, 2.45) is 0 Å². The Hall–Kier alpha value is -2.45. The number of carbonyl (C=O) groups excluding carboxylic acids is 1. The number of hydrogen-bond donors (Lipinski definition) is 2. The van der Waals surface area contributed by atoms with E-state index in [1.165, 1.54) is 12.3 Å². The van der Waals surface area contributed by atoms with Gasteiger partial charge in [-0.3, -0.25) is 14.5 Å². The number of H-pyrrole nitrogens is 1. The van der Waals surface area contributed by atoms with Gasteiger partial charge >= 0.3 is 0 Å². The summed E-state index contributed by atoms with van der Waals surface area (Å²) in [5, 5.41) is 2.74. The van der Waals surface area contributed by atoms with Gasteiger partial charge < -0.3 is 19.5 Å². The van der Waals surface area contributed by atoms with Crippen LogP contribution < -0.4 is 10.9 Å². The molecule has 1 aliphatic rings. The fourth-order valence-electron chi connectivity index (χ4n) is 2.57. The molecular formula is C16H20N4O4. The number of amides is 1. The van der Waals surface area contributed by atoms with Gasteiger partial charge in [0, 0.05) is 19.2 Å². The predicted octanol–water partition coefficient (Wildman–Crippen LogP) is 0.434. The lowest BCUT2D eigenvalue weighted by Crippen LogP contribution is -2.35. The van der Waals surface area contributed by atoms with E-state index in [9.17, 15) is 9.59 Å². The van der Waals surface area contributed by atoms with E-state index in [0.717, 1.165) is 32.1 Å². The fraction of sp³-hybridized carbons (Fsp3) is 0.438. The molecule has 1 aliphatic heterocycles. The summed E-state index contributed by atoms with van der Waals surface area (Å²) < 4.78 is 10.8. The zero-order valence-corrected chi connectivity index (χ0v) is 13.5. The van der Waals surface area contributed by atoms with Crippen molar-refractivity contribution in [1.82, 2.24) is 20.2 Å². The number of aryl methyl sites for hydroxylation is 1. The molecule has 8 nitrogen and oxygen atoms in total. The van der Waals surface area contributed by atoms with E-state index in [0.29, 0.717) is 23.6 Å². The minimum absolute atomic E-state index is 0.188. The summed E-state index contributed by atoms with van der Waals surface area (Å²) in [6, 6.07) is 3.10. The number of nitrogens with zero attached hydrogens (tertiary/aromatic N) is 2. The van der Waals surface area contributed by atoms with E-state index in [-0.39, 0.29) is 18.0 Å². The highest BCUT2D eigenvalue weighted by Crippen LogP contribution is 2.12. The summed E-state index contributed by atoms with van der Waals surface area (Å²) in [5.74, 6) is 1.00. The Morgan fingerprint density at radius 1 is 1.38 bits per heavy atom. The summed E-state index contributed by atoms with van der Waals surface area (Å²) in [5.41, 5.74) is 0.740. The van der Waals surface area contributed by atoms with E-state index >= 15 is 0 Å². The highest BCUT2D eigenvalue weighted by atomic mass is 16.5. The normalized spacial score (nSPS) is 15.4. The second kappa shape index (κ2) is 7.41. The van der Waals surface area contributed by atoms with Crippen LogP contribution in [0.1, 0.15) is 27.6 Å². The number of nitrogens with one attached hydrogen (secondary N) is 2. The predicted molar refractivity (Wildman–Crippen MR) is 85.6 cm³/mol. The summed E-state index contributed by atoms with van der Waals surface area (Å²) in [6.45, 7) is 5.69. The smallest absolute Gasteiger partial charge is 0.254 e. The van der Waals surface area contributed by atoms with Crippen LogP contribution in [0.4, 0.5) is 0 Å². The number of carbonyl (C=O) groups is 1. The lowest BCUT2D eigenvalue weighted by Gasteiger charge is -2.25. The summed E-state index contributed by atoms with van der Waals surface area (Å²) in [7, 11) is 0. The van der Waals surface area contributed by atoms with Gasteiger partial charge in [-0.2, -0.15) is 0 Å². The molecule has 0 atom stereocenters. The van der Waals surface area contributed by atoms with Crippen molar-refractivity contribution in [2.45, 2.75) is 20.0 Å². The third-order valence-electron chi connectivity index (χ3n) is 3.74. The molecule has 0 bridgehead atoms. The SMILES string of the molecule is Cc1nc(CNC(=O)c2coc(CN3CCOCC3)c2)cc(=O)[nH]1. The molecule has 2 aromatic heterocycles. The Kier molecular flexibility index (Phi) is 5.07. The number of furan rings is 1. The highest BCUT2D eigenvalue weighted by molar-refractivity contribution is 5.93. The van der Waals surface area contributed by atoms with Crippen LogP contribution in [0.2, 0.25) is 0 Å². The molecule has 3 rings (SSSR count). The van der Waals surface area contributed by atoms with Crippen molar-refractivity contribution >= 4 is 5.91 Å². The van der Waals surface area contributed by atoms with E-state index in [1.807, 2.05) is 0 Å². The monoisotopic (exact) mass is 332 g/mol. The number of aromatic nitrogens is 2. The van der Waals surface area contributed by atoms with E-state index in [2.05, 4.69) is 20.2 Å². The zero-order chi connectivity index (χ0) is 16.9. The number of aromatic amines is 1. The van der Waals surface area contributed by atoms with Crippen LogP contribution >= 0.6 is 0 Å². The third kappa shape index (κ3) is 4.30. The Bertz CT molecular complexity index is 761. The lowest BCUT2D eigenvalue weighted by atomic mass is 10.2. The summed E-state index contributed by atoms with van der Waals surface area (Å²) >= 11 is 0. The van der Waals surface area contributed by atoms with Gasteiger partial charge in [-0.05, 0) is 13.0 Å². The molecule has 0 aliphatic carbocycles. The molecule has 8 heteroatoms. The van der Waals surface area contributed by atoms with E-state index < -0.39 is 0 Å². The molecule has 2 N–H and O–H groups in total. The van der Waals surface area contributed by atoms with Gasteiger partial charge in [0.2, 0.25) is 0 Å². The molecule has 24 heavy (non-hydrogen) atoms. The van der Waals surface area contributed by atoms with Gasteiger partial charge in [0.25, 0.3) is 11.5 Å². The fourth-order valence-corrected chi connectivity index (χ4v) is 2.57. The van der Waals surface area contributed by atoms with Crippen LogP contribution in [0, 0.1) is 6.92 Å². The van der Waals surface area contributed by atoms with Crippen molar-refractivity contribution in [3.05, 3.63) is 51.6 Å². The van der Waals surface area contributed by atoms with Crippen molar-refractivity contribution in [3.8, 4) is 0 Å². The molecule has 3 heterocycles. The van der Waals surface area contributed by atoms with Crippen molar-refractivity contribution in [2.75, 3.05) is 26.3 Å². The quantitative estimate of drug-likeness (QED) is 0.824. The van der Waals surface area contributed by atoms with Crippen molar-refractivity contribution < 1.29 is 13.9 Å². The van der Waals surface area contributed by atoms with E-state index in [4.69, 9.17) is 9.15 Å². The Morgan fingerprint density at radius 2 is 2.17 bits per heavy atom. The minimum Gasteiger partial charge on any atom is -0.467 e. The molecule has 1 saturated heterocycles. The van der Waals surface area contributed by atoms with Crippen LogP contribution in [0.3, 0.4) is 0 Å². The van der Waals surface area contributed by atoms with Crippen LogP contribution in [0.5, 0.6) is 0 Å². The second-order valence-electron chi connectivity index (χ2n) is 5.70. The lowest BCUT2D eigenvalue weighted by molar-refractivity contribution is 0.0313. The van der Waals surface area contributed by atoms with Crippen LogP contribution in [0.15, 0.2) is 27.6 Å². The average Bonchev–Trinajstić information content (AvgIpc) is 3.01. The molecule has 1 amide bonds. The number of morpholine rings is 1. The van der Waals surface area contributed by atoms with Crippen molar-refractivity contribution in [1.29, 1.82) is 0 Å². The Morgan fingerprint density at radius 3 is 2.92 bits per heavy atom. The number of ether oxygens (including phenoxy) is 1. The second-order valence-corrected chi connectivity index (χ2v) is 5.70. The molecule has 0 aromatic carbocycles. The average molecular weight is 332 g/mol. The molecule has 1 fully saturated rings.